The van der Waals surface area contributed by atoms with Gasteiger partial charge in [-0.3, -0.25) is 0 Å². The Morgan fingerprint density at radius 3 is 2.50 bits per heavy atom. The van der Waals surface area contributed by atoms with E-state index in [1.54, 1.807) is 0 Å². The molecule has 0 aromatic heterocycles. The Balaban J connectivity index is 3.36. The molecule has 0 aliphatic rings. The van der Waals surface area contributed by atoms with Gasteiger partial charge >= 0.3 is 0 Å². The highest BCUT2D eigenvalue weighted by molar-refractivity contribution is 6.58. The van der Waals surface area contributed by atoms with Gasteiger partial charge in [-0.05, 0) is 44.1 Å². The maximum atomic E-state index is 5.97. The molecule has 0 radical (unpaired) electrons. The van der Waals surface area contributed by atoms with E-state index >= 15 is 0 Å². The summed E-state index contributed by atoms with van der Waals surface area (Å²) in [4.78, 5) is 0. The molecular weight excluding hydrogens is 252 g/mol. The van der Waals surface area contributed by atoms with Gasteiger partial charge in [0.25, 0.3) is 10.0 Å². The third-order valence-electron chi connectivity index (χ3n) is 2.47. The predicted molar refractivity (Wildman–Crippen MR) is 78.5 cm³/mol. The van der Waals surface area contributed by atoms with Crippen LogP contribution < -0.4 is 11.5 Å². The fraction of sp³-hybridized carbons (Fsp3) is 1.00. The van der Waals surface area contributed by atoms with Crippen LogP contribution >= 0.6 is 0 Å². The van der Waals surface area contributed by atoms with Gasteiger partial charge in [0, 0.05) is 0 Å². The molecule has 0 heterocycles. The first kappa shape index (κ1) is 16.5. The Bertz CT molecular complexity index is 144. The summed E-state index contributed by atoms with van der Waals surface area (Å²) in [7, 11) is -1.95. The molecule has 0 rings (SSSR count). The highest BCUT2D eigenvalue weighted by Crippen LogP contribution is 2.06. The van der Waals surface area contributed by atoms with Gasteiger partial charge in [-0.15, -0.1) is 0 Å². The van der Waals surface area contributed by atoms with Crippen molar-refractivity contribution in [1.82, 2.24) is 0 Å². The fourth-order valence-corrected chi connectivity index (χ4v) is 8.29. The van der Waals surface area contributed by atoms with Crippen LogP contribution in [0, 0.1) is 0 Å². The van der Waals surface area contributed by atoms with Gasteiger partial charge in [0.2, 0.25) is 0 Å². The van der Waals surface area contributed by atoms with Crippen molar-refractivity contribution >= 4 is 28.8 Å². The van der Waals surface area contributed by atoms with E-state index in [0.29, 0.717) is 0 Å². The monoisotopic (exact) mass is 280 g/mol. The normalized spacial score (nSPS) is 14.4. The van der Waals surface area contributed by atoms with Gasteiger partial charge in [-0.25, -0.2) is 0 Å². The van der Waals surface area contributed by atoms with Gasteiger partial charge in [0.05, 0.1) is 0 Å². The lowest BCUT2D eigenvalue weighted by molar-refractivity contribution is 0.473. The second-order valence-electron chi connectivity index (χ2n) is 4.03. The van der Waals surface area contributed by atoms with Crippen LogP contribution in [0.25, 0.3) is 0 Å². The van der Waals surface area contributed by atoms with Crippen molar-refractivity contribution in [2.45, 2.75) is 44.3 Å². The summed E-state index contributed by atoms with van der Waals surface area (Å²) in [5.74, 6) is 0. The summed E-state index contributed by atoms with van der Waals surface area (Å²) < 4.78 is 11.7. The van der Waals surface area contributed by atoms with Crippen LogP contribution in [0.1, 0.15) is 26.2 Å². The molecule has 1 atom stereocenters. The van der Waals surface area contributed by atoms with Crippen LogP contribution in [0.3, 0.4) is 0 Å². The number of rotatable bonds is 12. The van der Waals surface area contributed by atoms with Crippen molar-refractivity contribution in [3.05, 3.63) is 0 Å². The molecule has 0 aromatic rings. The maximum Gasteiger partial charge on any atom is 0.283 e. The first-order valence-electron chi connectivity index (χ1n) is 6.44. The SMILES string of the molecule is CCC[SiH](CCCN)O[SiH2]O[SiH2]CCCN. The molecule has 0 aliphatic heterocycles. The molecule has 0 saturated carbocycles. The van der Waals surface area contributed by atoms with E-state index in [-0.39, 0.29) is 9.76 Å². The first-order chi connectivity index (χ1) is 7.85. The Morgan fingerprint density at radius 2 is 1.88 bits per heavy atom. The quantitative estimate of drug-likeness (QED) is 0.368. The number of hydrogen-bond acceptors (Lipinski definition) is 4. The van der Waals surface area contributed by atoms with Crippen molar-refractivity contribution in [3.63, 3.8) is 0 Å². The van der Waals surface area contributed by atoms with Gasteiger partial charge in [-0.1, -0.05) is 13.3 Å². The zero-order valence-electron chi connectivity index (χ0n) is 10.6. The minimum Gasteiger partial charge on any atom is -0.446 e. The Morgan fingerprint density at radius 1 is 1.12 bits per heavy atom. The molecule has 0 aromatic carbocycles. The molecule has 0 bridgehead atoms. The Labute approximate surface area is 106 Å². The van der Waals surface area contributed by atoms with Gasteiger partial charge in [0.15, 0.2) is 9.04 Å². The smallest absolute Gasteiger partial charge is 0.283 e. The van der Waals surface area contributed by atoms with E-state index in [2.05, 4.69) is 6.92 Å². The van der Waals surface area contributed by atoms with Gasteiger partial charge < -0.3 is 19.7 Å². The second-order valence-corrected chi connectivity index (χ2v) is 10.7. The lowest BCUT2D eigenvalue weighted by atomic mass is 10.5. The average molecular weight is 281 g/mol. The van der Waals surface area contributed by atoms with Crippen LogP contribution in [-0.4, -0.2) is 41.9 Å². The molecule has 0 spiro atoms. The molecule has 98 valence electrons. The third kappa shape index (κ3) is 11.0. The second kappa shape index (κ2) is 13.6. The molecule has 16 heavy (non-hydrogen) atoms. The Hall–Kier alpha value is 0.491. The molecule has 1 unspecified atom stereocenters. The van der Waals surface area contributed by atoms with Crippen LogP contribution in [0.15, 0.2) is 0 Å². The van der Waals surface area contributed by atoms with Crippen molar-refractivity contribution in [1.29, 1.82) is 0 Å². The minimum absolute atomic E-state index is 0.321. The van der Waals surface area contributed by atoms with Crippen molar-refractivity contribution < 1.29 is 8.23 Å². The van der Waals surface area contributed by atoms with E-state index in [4.69, 9.17) is 19.7 Å². The summed E-state index contributed by atoms with van der Waals surface area (Å²) in [6, 6.07) is 3.71. The molecule has 0 amide bonds. The zero-order valence-corrected chi connectivity index (χ0v) is 14.6. The van der Waals surface area contributed by atoms with E-state index in [9.17, 15) is 0 Å². The van der Waals surface area contributed by atoms with Crippen molar-refractivity contribution in [2.75, 3.05) is 13.1 Å². The summed E-state index contributed by atoms with van der Waals surface area (Å²) >= 11 is 0. The predicted octanol–water partition coefficient (Wildman–Crippen LogP) is -0.648. The summed E-state index contributed by atoms with van der Waals surface area (Å²) in [5, 5.41) is 0. The van der Waals surface area contributed by atoms with Gasteiger partial charge in [-0.2, -0.15) is 0 Å². The highest BCUT2D eigenvalue weighted by atomic mass is 28.4. The van der Waals surface area contributed by atoms with Gasteiger partial charge in [0.1, 0.15) is 9.76 Å². The largest absolute Gasteiger partial charge is 0.446 e. The molecule has 4 nitrogen and oxygen atoms in total. The fourth-order valence-electron chi connectivity index (χ4n) is 1.53. The molecule has 4 N–H and O–H groups in total. The van der Waals surface area contributed by atoms with E-state index < -0.39 is 19.0 Å². The lowest BCUT2D eigenvalue weighted by Gasteiger charge is -2.15. The first-order valence-corrected chi connectivity index (χ1v) is 11.3. The highest BCUT2D eigenvalue weighted by Gasteiger charge is 2.09. The number of hydrogen-bond donors (Lipinski definition) is 2. The van der Waals surface area contributed by atoms with Crippen LogP contribution in [0.2, 0.25) is 18.1 Å². The summed E-state index contributed by atoms with van der Waals surface area (Å²) in [6.07, 6.45) is 3.47. The molecule has 7 heteroatoms. The van der Waals surface area contributed by atoms with E-state index in [1.807, 2.05) is 0 Å². The molecule has 0 fully saturated rings. The number of nitrogens with two attached hydrogens (primary N) is 2. The van der Waals surface area contributed by atoms with E-state index in [0.717, 1.165) is 25.9 Å². The summed E-state index contributed by atoms with van der Waals surface area (Å²) in [5.41, 5.74) is 11.0. The zero-order chi connectivity index (χ0) is 12.1. The van der Waals surface area contributed by atoms with Crippen LogP contribution in [0.4, 0.5) is 0 Å². The minimum atomic E-state index is -0.956. The third-order valence-corrected chi connectivity index (χ3v) is 9.78. The molecule has 0 aliphatic carbocycles. The topological polar surface area (TPSA) is 70.5 Å². The van der Waals surface area contributed by atoms with Crippen molar-refractivity contribution in [3.8, 4) is 0 Å². The summed E-state index contributed by atoms with van der Waals surface area (Å²) in [6.45, 7) is 3.82. The Kier molecular flexibility index (Phi) is 14.0. The maximum absolute atomic E-state index is 5.97. The lowest BCUT2D eigenvalue weighted by Crippen LogP contribution is -2.23. The van der Waals surface area contributed by atoms with Crippen LogP contribution in [-0.2, 0) is 8.23 Å². The average Bonchev–Trinajstić information content (AvgIpc) is 2.30. The molecular formula is C9H28N2O2Si3. The molecule has 0 saturated heterocycles. The standard InChI is InChI=1S/C9H28N2O2Si3/c1-2-8-16(9-4-6-11)13-15-12-14-7-3-5-10/h16H,2-11,14-15H2,1H3. The van der Waals surface area contributed by atoms with Crippen molar-refractivity contribution in [2.24, 2.45) is 11.5 Å². The van der Waals surface area contributed by atoms with Crippen LogP contribution in [0.5, 0.6) is 0 Å². The van der Waals surface area contributed by atoms with E-state index in [1.165, 1.54) is 24.6 Å².